The topological polar surface area (TPSA) is 82.1 Å². The van der Waals surface area contributed by atoms with Crippen LogP contribution in [0, 0.1) is 5.92 Å². The Morgan fingerprint density at radius 1 is 0.895 bits per heavy atom. The van der Waals surface area contributed by atoms with Gasteiger partial charge < -0.3 is 19.1 Å². The smallest absolute Gasteiger partial charge is 0.338 e. The van der Waals surface area contributed by atoms with Gasteiger partial charge in [0, 0.05) is 11.8 Å². The maximum absolute atomic E-state index is 13.8. The van der Waals surface area contributed by atoms with Crippen LogP contribution in [0.25, 0.3) is 11.1 Å². The Morgan fingerprint density at radius 2 is 1.63 bits per heavy atom. The zero-order valence-electron chi connectivity index (χ0n) is 22.4. The van der Waals surface area contributed by atoms with E-state index < -0.39 is 17.9 Å². The molecule has 3 aromatic carbocycles. The second-order valence-electron chi connectivity index (χ2n) is 8.81. The van der Waals surface area contributed by atoms with Gasteiger partial charge in [0.2, 0.25) is 5.91 Å². The van der Waals surface area contributed by atoms with Gasteiger partial charge in [0.1, 0.15) is 11.7 Å². The number of unbranched alkanes of at least 4 members (excludes halogenated alkanes) is 1. The van der Waals surface area contributed by atoms with E-state index in [0.29, 0.717) is 23.4 Å². The van der Waals surface area contributed by atoms with Crippen molar-refractivity contribution in [1.29, 1.82) is 0 Å². The van der Waals surface area contributed by atoms with Gasteiger partial charge in [0.25, 0.3) is 0 Å². The SMILES string of the molecule is CCCCC(C(=O)OCC)C(=O)N(Cc1ccc(-c2ccccc2C(=O)OC)cc1)c1cccc(OC)c1. The quantitative estimate of drug-likeness (QED) is 0.215. The molecule has 0 aromatic heterocycles. The minimum atomic E-state index is -0.896. The molecule has 0 saturated carbocycles. The summed E-state index contributed by atoms with van der Waals surface area (Å²) in [6.45, 7) is 4.21. The minimum absolute atomic E-state index is 0.211. The Bertz CT molecular complexity index is 1240. The lowest BCUT2D eigenvalue weighted by Crippen LogP contribution is -2.40. The number of esters is 2. The lowest BCUT2D eigenvalue weighted by Gasteiger charge is -2.27. The van der Waals surface area contributed by atoms with Gasteiger partial charge in [-0.3, -0.25) is 9.59 Å². The Labute approximate surface area is 224 Å². The Morgan fingerprint density at radius 3 is 2.29 bits per heavy atom. The molecule has 0 spiro atoms. The molecule has 7 heteroatoms. The number of amides is 1. The average molecular weight is 518 g/mol. The van der Waals surface area contributed by atoms with Crippen molar-refractivity contribution in [2.24, 2.45) is 5.92 Å². The highest BCUT2D eigenvalue weighted by Gasteiger charge is 2.32. The van der Waals surface area contributed by atoms with E-state index in [4.69, 9.17) is 14.2 Å². The van der Waals surface area contributed by atoms with Gasteiger partial charge in [0.05, 0.1) is 32.9 Å². The third-order valence-corrected chi connectivity index (χ3v) is 6.28. The molecule has 0 N–H and O–H groups in total. The zero-order chi connectivity index (χ0) is 27.5. The number of benzene rings is 3. The van der Waals surface area contributed by atoms with E-state index in [0.717, 1.165) is 29.5 Å². The fraction of sp³-hybridized carbons (Fsp3) is 0.323. The molecular formula is C31H35NO6. The van der Waals surface area contributed by atoms with Gasteiger partial charge >= 0.3 is 11.9 Å². The highest BCUT2D eigenvalue weighted by atomic mass is 16.5. The number of methoxy groups -OCH3 is 2. The average Bonchev–Trinajstić information content (AvgIpc) is 2.96. The minimum Gasteiger partial charge on any atom is -0.497 e. The van der Waals surface area contributed by atoms with Crippen molar-refractivity contribution < 1.29 is 28.6 Å². The van der Waals surface area contributed by atoms with E-state index in [1.807, 2.05) is 55.5 Å². The van der Waals surface area contributed by atoms with Gasteiger partial charge in [-0.1, -0.05) is 68.3 Å². The second-order valence-corrected chi connectivity index (χ2v) is 8.81. The number of hydrogen-bond acceptors (Lipinski definition) is 6. The number of rotatable bonds is 12. The van der Waals surface area contributed by atoms with Crippen molar-refractivity contribution in [3.8, 4) is 16.9 Å². The van der Waals surface area contributed by atoms with Crippen LogP contribution in [0.5, 0.6) is 5.75 Å². The first-order chi connectivity index (χ1) is 18.4. The number of ether oxygens (including phenoxy) is 3. The van der Waals surface area contributed by atoms with Crippen LogP contribution in [0.2, 0.25) is 0 Å². The molecule has 0 aliphatic heterocycles. The van der Waals surface area contributed by atoms with Gasteiger partial charge in [0.15, 0.2) is 0 Å². The zero-order valence-corrected chi connectivity index (χ0v) is 22.4. The molecule has 0 aliphatic carbocycles. The van der Waals surface area contributed by atoms with Crippen molar-refractivity contribution in [2.45, 2.75) is 39.7 Å². The number of carbonyl (C=O) groups is 3. The molecule has 0 aliphatic rings. The van der Waals surface area contributed by atoms with Crippen molar-refractivity contribution in [2.75, 3.05) is 25.7 Å². The standard InChI is InChI=1S/C31H35NO6/c1-5-7-13-28(31(35)38-6-2)29(33)32(24-11-10-12-25(20-24)36-3)21-22-16-18-23(19-17-22)26-14-8-9-15-27(26)30(34)37-4/h8-12,14-20,28H,5-7,13,21H2,1-4H3. The second kappa shape index (κ2) is 14.0. The summed E-state index contributed by atoms with van der Waals surface area (Å²) in [5.74, 6) is -1.51. The largest absolute Gasteiger partial charge is 0.497 e. The molecule has 1 atom stereocenters. The van der Waals surface area contributed by atoms with Gasteiger partial charge in [-0.25, -0.2) is 4.79 Å². The first-order valence-electron chi connectivity index (χ1n) is 12.8. The monoisotopic (exact) mass is 517 g/mol. The molecule has 0 fully saturated rings. The van der Waals surface area contributed by atoms with E-state index in [2.05, 4.69) is 0 Å². The van der Waals surface area contributed by atoms with E-state index in [1.54, 1.807) is 43.2 Å². The van der Waals surface area contributed by atoms with E-state index in [-0.39, 0.29) is 19.1 Å². The summed E-state index contributed by atoms with van der Waals surface area (Å²) >= 11 is 0. The van der Waals surface area contributed by atoms with E-state index >= 15 is 0 Å². The predicted molar refractivity (Wildman–Crippen MR) is 147 cm³/mol. The maximum atomic E-state index is 13.8. The molecule has 0 radical (unpaired) electrons. The third-order valence-electron chi connectivity index (χ3n) is 6.28. The Kier molecular flexibility index (Phi) is 10.5. The predicted octanol–water partition coefficient (Wildman–Crippen LogP) is 6.05. The molecule has 0 saturated heterocycles. The molecule has 7 nitrogen and oxygen atoms in total. The Balaban J connectivity index is 1.96. The van der Waals surface area contributed by atoms with Crippen molar-refractivity contribution in [1.82, 2.24) is 0 Å². The van der Waals surface area contributed by atoms with Crippen LogP contribution in [0.4, 0.5) is 5.69 Å². The number of anilines is 1. The van der Waals surface area contributed by atoms with Crippen LogP contribution in [0.1, 0.15) is 49.0 Å². The van der Waals surface area contributed by atoms with Crippen molar-refractivity contribution in [3.63, 3.8) is 0 Å². The lowest BCUT2D eigenvalue weighted by atomic mass is 9.97. The van der Waals surface area contributed by atoms with Gasteiger partial charge in [-0.05, 0) is 48.2 Å². The molecule has 3 rings (SSSR count). The van der Waals surface area contributed by atoms with Crippen LogP contribution in [-0.4, -0.2) is 38.7 Å². The fourth-order valence-corrected chi connectivity index (χ4v) is 4.25. The maximum Gasteiger partial charge on any atom is 0.338 e. The summed E-state index contributed by atoms with van der Waals surface area (Å²) in [7, 11) is 2.93. The van der Waals surface area contributed by atoms with Gasteiger partial charge in [-0.2, -0.15) is 0 Å². The first-order valence-corrected chi connectivity index (χ1v) is 12.8. The summed E-state index contributed by atoms with van der Waals surface area (Å²) in [6, 6.07) is 22.1. The fourth-order valence-electron chi connectivity index (χ4n) is 4.25. The van der Waals surface area contributed by atoms with Crippen molar-refractivity contribution in [3.05, 3.63) is 83.9 Å². The molecule has 38 heavy (non-hydrogen) atoms. The normalized spacial score (nSPS) is 11.4. The van der Waals surface area contributed by atoms with Crippen LogP contribution in [0.15, 0.2) is 72.8 Å². The van der Waals surface area contributed by atoms with E-state index in [9.17, 15) is 14.4 Å². The number of carbonyl (C=O) groups excluding carboxylic acids is 3. The molecule has 0 bridgehead atoms. The summed E-state index contributed by atoms with van der Waals surface area (Å²) in [4.78, 5) is 40.5. The van der Waals surface area contributed by atoms with E-state index in [1.165, 1.54) is 7.11 Å². The number of nitrogens with zero attached hydrogens (tertiary/aromatic N) is 1. The summed E-state index contributed by atoms with van der Waals surface area (Å²) in [6.07, 6.45) is 2.00. The van der Waals surface area contributed by atoms with Crippen LogP contribution < -0.4 is 9.64 Å². The highest BCUT2D eigenvalue weighted by molar-refractivity contribution is 6.06. The molecule has 200 valence electrons. The molecular weight excluding hydrogens is 482 g/mol. The van der Waals surface area contributed by atoms with Crippen LogP contribution >= 0.6 is 0 Å². The molecule has 0 heterocycles. The summed E-state index contributed by atoms with van der Waals surface area (Å²) in [5, 5.41) is 0. The first kappa shape index (κ1) is 28.4. The highest BCUT2D eigenvalue weighted by Crippen LogP contribution is 2.28. The molecule has 1 amide bonds. The summed E-state index contributed by atoms with van der Waals surface area (Å²) < 4.78 is 15.6. The molecule has 1 unspecified atom stereocenters. The van der Waals surface area contributed by atoms with Gasteiger partial charge in [-0.15, -0.1) is 0 Å². The Hall–Kier alpha value is -4.13. The van der Waals surface area contributed by atoms with Crippen LogP contribution in [0.3, 0.4) is 0 Å². The lowest BCUT2D eigenvalue weighted by molar-refractivity contribution is -0.151. The third kappa shape index (κ3) is 7.00. The van der Waals surface area contributed by atoms with Crippen LogP contribution in [-0.2, 0) is 25.6 Å². The summed E-state index contributed by atoms with van der Waals surface area (Å²) in [5.41, 5.74) is 3.57. The molecule has 3 aromatic rings. The number of hydrogen-bond donors (Lipinski definition) is 0. The van der Waals surface area contributed by atoms with Crippen molar-refractivity contribution >= 4 is 23.5 Å².